The minimum atomic E-state index is -1.64. The lowest BCUT2D eigenvalue weighted by Gasteiger charge is -2.27. The van der Waals surface area contributed by atoms with Crippen molar-refractivity contribution in [3.63, 3.8) is 0 Å². The van der Waals surface area contributed by atoms with Gasteiger partial charge in [0.05, 0.1) is 0 Å². The molecule has 0 heterocycles. The number of hydrogen-bond acceptors (Lipinski definition) is 4. The number of aliphatic hydroxyl groups is 1. The second-order valence-corrected chi connectivity index (χ2v) is 5.40. The number of carbonyl (C=O) groups excluding carboxylic acids is 1. The van der Waals surface area contributed by atoms with Gasteiger partial charge in [-0.3, -0.25) is 4.79 Å². The fourth-order valence-electron chi connectivity index (χ4n) is 2.55. The highest BCUT2D eigenvalue weighted by atomic mass is 19.1. The van der Waals surface area contributed by atoms with Crippen LogP contribution in [0.5, 0.6) is 0 Å². The van der Waals surface area contributed by atoms with E-state index < -0.39 is 36.7 Å². The van der Waals surface area contributed by atoms with Crippen molar-refractivity contribution in [2.24, 2.45) is 11.7 Å². The van der Waals surface area contributed by atoms with Crippen molar-refractivity contribution in [2.75, 3.05) is 6.67 Å². The predicted octanol–water partition coefficient (Wildman–Crippen LogP) is 0.184. The van der Waals surface area contributed by atoms with E-state index in [1.165, 1.54) is 6.42 Å². The van der Waals surface area contributed by atoms with Crippen LogP contribution in [0.15, 0.2) is 0 Å². The van der Waals surface area contributed by atoms with Gasteiger partial charge in [0.25, 0.3) is 5.91 Å². The van der Waals surface area contributed by atoms with E-state index in [9.17, 15) is 19.1 Å². The molecule has 3 atom stereocenters. The van der Waals surface area contributed by atoms with Gasteiger partial charge < -0.3 is 21.3 Å². The number of carboxylic acids is 1. The minimum absolute atomic E-state index is 0.387. The van der Waals surface area contributed by atoms with Crippen LogP contribution < -0.4 is 11.1 Å². The Bertz CT molecular complexity index is 334. The molecule has 1 rings (SSSR count). The Balaban J connectivity index is 2.43. The first-order chi connectivity index (χ1) is 9.45. The van der Waals surface area contributed by atoms with Gasteiger partial charge in [0, 0.05) is 6.04 Å². The molecule has 0 saturated heterocycles. The van der Waals surface area contributed by atoms with Gasteiger partial charge in [0.15, 0.2) is 6.04 Å². The molecular weight excluding hydrogens is 267 g/mol. The quantitative estimate of drug-likeness (QED) is 0.534. The average Bonchev–Trinajstić information content (AvgIpc) is 2.44. The topological polar surface area (TPSA) is 113 Å². The Kier molecular flexibility index (Phi) is 6.87. The van der Waals surface area contributed by atoms with Crippen molar-refractivity contribution in [1.82, 2.24) is 5.32 Å². The van der Waals surface area contributed by atoms with E-state index in [0.29, 0.717) is 12.3 Å². The van der Waals surface area contributed by atoms with Crippen LogP contribution in [0.3, 0.4) is 0 Å². The lowest BCUT2D eigenvalue weighted by Crippen LogP contribution is -2.52. The number of carboxylic acid groups (broad SMARTS) is 1. The molecular formula is C13H23FN2O4. The second kappa shape index (κ2) is 8.16. The van der Waals surface area contributed by atoms with Crippen molar-refractivity contribution < 1.29 is 24.2 Å². The molecule has 0 spiro atoms. The Morgan fingerprint density at radius 1 is 1.30 bits per heavy atom. The van der Waals surface area contributed by atoms with Gasteiger partial charge in [-0.15, -0.1) is 0 Å². The molecule has 1 aliphatic rings. The lowest BCUT2D eigenvalue weighted by molar-refractivity contribution is -0.144. The van der Waals surface area contributed by atoms with Crippen LogP contribution in [0.2, 0.25) is 0 Å². The highest BCUT2D eigenvalue weighted by Gasteiger charge is 2.29. The third kappa shape index (κ3) is 5.05. The van der Waals surface area contributed by atoms with Crippen molar-refractivity contribution >= 4 is 11.9 Å². The summed E-state index contributed by atoms with van der Waals surface area (Å²) in [4.78, 5) is 22.2. The summed E-state index contributed by atoms with van der Waals surface area (Å²) in [7, 11) is 0. The Hall–Kier alpha value is -1.21. The fraction of sp³-hybridized carbons (Fsp3) is 0.846. The number of nitrogens with two attached hydrogens (primary N) is 1. The molecule has 1 aliphatic carbocycles. The summed E-state index contributed by atoms with van der Waals surface area (Å²) < 4.78 is 12.4. The number of carbonyl (C=O) groups is 2. The van der Waals surface area contributed by atoms with E-state index in [1.54, 1.807) is 0 Å². The summed E-state index contributed by atoms with van der Waals surface area (Å²) in [6.45, 7) is -1.23. The summed E-state index contributed by atoms with van der Waals surface area (Å²) in [5, 5.41) is 20.4. The number of rotatable bonds is 7. The van der Waals surface area contributed by atoms with Crippen LogP contribution in [-0.4, -0.2) is 47.0 Å². The summed E-state index contributed by atoms with van der Waals surface area (Å²) in [5.41, 5.74) is 5.79. The standard InChI is InChI=1S/C13H23FN2O4/c14-7-10(13(19)20)16-12(18)11(17)9(15)6-8-4-2-1-3-5-8/h8-11,17H,1-7,15H2,(H,16,18)(H,19,20)/t9-,10?,11-/m1/s1. The van der Waals surface area contributed by atoms with Crippen LogP contribution in [0.4, 0.5) is 4.39 Å². The van der Waals surface area contributed by atoms with Gasteiger partial charge in [-0.1, -0.05) is 32.1 Å². The summed E-state index contributed by atoms with van der Waals surface area (Å²) in [6, 6.07) is -2.40. The van der Waals surface area contributed by atoms with E-state index in [0.717, 1.165) is 25.7 Å². The van der Waals surface area contributed by atoms with Crippen molar-refractivity contribution in [3.8, 4) is 0 Å². The zero-order valence-corrected chi connectivity index (χ0v) is 11.4. The van der Waals surface area contributed by atoms with Crippen LogP contribution in [0, 0.1) is 5.92 Å². The SMILES string of the molecule is N[C@H](CC1CCCCC1)[C@@H](O)C(=O)NC(CF)C(=O)O. The molecule has 116 valence electrons. The molecule has 1 amide bonds. The largest absolute Gasteiger partial charge is 0.480 e. The Morgan fingerprint density at radius 2 is 1.90 bits per heavy atom. The number of amides is 1. The number of aliphatic carboxylic acids is 1. The third-order valence-corrected chi connectivity index (χ3v) is 3.77. The van der Waals surface area contributed by atoms with Crippen molar-refractivity contribution in [2.45, 2.75) is 56.7 Å². The third-order valence-electron chi connectivity index (χ3n) is 3.77. The molecule has 5 N–H and O–H groups in total. The molecule has 0 aromatic heterocycles. The predicted molar refractivity (Wildman–Crippen MR) is 70.7 cm³/mol. The van der Waals surface area contributed by atoms with Crippen LogP contribution in [0.1, 0.15) is 38.5 Å². The molecule has 0 bridgehead atoms. The lowest BCUT2D eigenvalue weighted by atomic mass is 9.84. The Labute approximate surface area is 117 Å². The molecule has 0 aromatic carbocycles. The monoisotopic (exact) mass is 290 g/mol. The number of hydrogen-bond donors (Lipinski definition) is 4. The van der Waals surface area contributed by atoms with Crippen LogP contribution >= 0.6 is 0 Å². The number of alkyl halides is 1. The smallest absolute Gasteiger partial charge is 0.328 e. The summed E-state index contributed by atoms with van der Waals surface area (Å²) in [6.07, 6.45) is 4.53. The highest BCUT2D eigenvalue weighted by Crippen LogP contribution is 2.27. The molecule has 0 aromatic rings. The highest BCUT2D eigenvalue weighted by molar-refractivity contribution is 5.86. The normalized spacial score (nSPS) is 20.9. The zero-order chi connectivity index (χ0) is 15.1. The zero-order valence-electron chi connectivity index (χ0n) is 11.4. The summed E-state index contributed by atoms with van der Waals surface area (Å²) >= 11 is 0. The molecule has 1 unspecified atom stereocenters. The van der Waals surface area contributed by atoms with Gasteiger partial charge in [0.1, 0.15) is 12.8 Å². The van der Waals surface area contributed by atoms with Crippen molar-refractivity contribution in [1.29, 1.82) is 0 Å². The van der Waals surface area contributed by atoms with Crippen LogP contribution in [0.25, 0.3) is 0 Å². The second-order valence-electron chi connectivity index (χ2n) is 5.40. The first kappa shape index (κ1) is 16.8. The molecule has 1 saturated carbocycles. The summed E-state index contributed by atoms with van der Waals surface area (Å²) in [5.74, 6) is -2.02. The van der Waals surface area contributed by atoms with E-state index in [4.69, 9.17) is 10.8 Å². The van der Waals surface area contributed by atoms with E-state index in [-0.39, 0.29) is 0 Å². The molecule has 0 radical (unpaired) electrons. The minimum Gasteiger partial charge on any atom is -0.480 e. The van der Waals surface area contributed by atoms with E-state index in [2.05, 4.69) is 0 Å². The molecule has 1 fully saturated rings. The first-order valence-corrected chi connectivity index (χ1v) is 6.98. The van der Waals surface area contributed by atoms with Crippen LogP contribution in [-0.2, 0) is 9.59 Å². The van der Waals surface area contributed by atoms with Gasteiger partial charge in [0.2, 0.25) is 0 Å². The molecule has 6 nitrogen and oxygen atoms in total. The number of nitrogens with one attached hydrogen (secondary N) is 1. The molecule has 7 heteroatoms. The van der Waals surface area contributed by atoms with Crippen molar-refractivity contribution in [3.05, 3.63) is 0 Å². The average molecular weight is 290 g/mol. The number of halogens is 1. The maximum absolute atomic E-state index is 12.4. The molecule has 0 aliphatic heterocycles. The first-order valence-electron chi connectivity index (χ1n) is 6.98. The van der Waals surface area contributed by atoms with E-state index >= 15 is 0 Å². The maximum Gasteiger partial charge on any atom is 0.328 e. The maximum atomic E-state index is 12.4. The molecule has 20 heavy (non-hydrogen) atoms. The van der Waals surface area contributed by atoms with Gasteiger partial charge >= 0.3 is 5.97 Å². The van der Waals surface area contributed by atoms with Gasteiger partial charge in [-0.05, 0) is 12.3 Å². The fourth-order valence-corrected chi connectivity index (χ4v) is 2.55. The van der Waals surface area contributed by atoms with E-state index in [1.807, 2.05) is 5.32 Å². The van der Waals surface area contributed by atoms with Gasteiger partial charge in [-0.25, -0.2) is 9.18 Å². The Morgan fingerprint density at radius 3 is 2.40 bits per heavy atom. The number of aliphatic hydroxyl groups excluding tert-OH is 1. The van der Waals surface area contributed by atoms with Gasteiger partial charge in [-0.2, -0.15) is 0 Å².